The van der Waals surface area contributed by atoms with E-state index in [1.54, 1.807) is 0 Å². The minimum atomic E-state index is 0.615. The van der Waals surface area contributed by atoms with Crippen molar-refractivity contribution in [2.24, 2.45) is 0 Å². The Bertz CT molecular complexity index is 1570. The van der Waals surface area contributed by atoms with Crippen LogP contribution in [0.3, 0.4) is 0 Å². The number of hydrogen-bond acceptors (Lipinski definition) is 4. The molecule has 2 aromatic heterocycles. The van der Waals surface area contributed by atoms with Crippen molar-refractivity contribution in [3.05, 3.63) is 103 Å². The summed E-state index contributed by atoms with van der Waals surface area (Å²) >= 11 is 0. The van der Waals surface area contributed by atoms with Gasteiger partial charge in [-0.25, -0.2) is 15.0 Å². The van der Waals surface area contributed by atoms with Crippen LogP contribution < -0.4 is 0 Å². The average Bonchev–Trinajstić information content (AvgIpc) is 3.23. The average molecular weight is 413 g/mol. The van der Waals surface area contributed by atoms with Gasteiger partial charge in [-0.05, 0) is 30.2 Å². The molecule has 2 heterocycles. The van der Waals surface area contributed by atoms with Crippen LogP contribution in [0.4, 0.5) is 0 Å². The molecule has 0 atom stereocenters. The van der Waals surface area contributed by atoms with Gasteiger partial charge in [-0.15, -0.1) is 0 Å². The summed E-state index contributed by atoms with van der Waals surface area (Å²) in [5.74, 6) is 1.94. The van der Waals surface area contributed by atoms with Gasteiger partial charge in [0.1, 0.15) is 17.0 Å². The van der Waals surface area contributed by atoms with Crippen molar-refractivity contribution in [2.45, 2.75) is 6.92 Å². The van der Waals surface area contributed by atoms with Crippen LogP contribution >= 0.6 is 0 Å². The molecule has 0 N–H and O–H groups in total. The van der Waals surface area contributed by atoms with Gasteiger partial charge in [0.15, 0.2) is 11.6 Å². The number of aromatic nitrogens is 3. The first-order valence-corrected chi connectivity index (χ1v) is 10.6. The minimum Gasteiger partial charge on any atom is -0.455 e. The van der Waals surface area contributed by atoms with E-state index >= 15 is 0 Å². The van der Waals surface area contributed by atoms with Crippen molar-refractivity contribution < 1.29 is 4.42 Å². The molecule has 0 fully saturated rings. The Morgan fingerprint density at radius 1 is 0.531 bits per heavy atom. The van der Waals surface area contributed by atoms with Gasteiger partial charge in [-0.2, -0.15) is 0 Å². The molecule has 0 saturated carbocycles. The largest absolute Gasteiger partial charge is 0.455 e. The van der Waals surface area contributed by atoms with E-state index in [0.717, 1.165) is 38.6 Å². The lowest BCUT2D eigenvalue weighted by Crippen LogP contribution is -1.99. The molecule has 0 amide bonds. The van der Waals surface area contributed by atoms with Crippen molar-refractivity contribution in [1.82, 2.24) is 15.0 Å². The topological polar surface area (TPSA) is 51.8 Å². The summed E-state index contributed by atoms with van der Waals surface area (Å²) in [7, 11) is 0. The van der Waals surface area contributed by atoms with E-state index in [1.807, 2.05) is 55.5 Å². The molecule has 4 heteroatoms. The fraction of sp³-hybridized carbons (Fsp3) is 0.0357. The Kier molecular flexibility index (Phi) is 4.29. The molecule has 0 aliphatic carbocycles. The molecule has 0 unspecified atom stereocenters. The number of benzene rings is 4. The van der Waals surface area contributed by atoms with Crippen LogP contribution in [0.25, 0.3) is 55.8 Å². The predicted octanol–water partition coefficient (Wildman–Crippen LogP) is 7.08. The number of hydrogen-bond donors (Lipinski definition) is 0. The van der Waals surface area contributed by atoms with E-state index in [0.29, 0.717) is 17.5 Å². The van der Waals surface area contributed by atoms with Crippen molar-refractivity contribution in [2.75, 3.05) is 0 Å². The number of aryl methyl sites for hydroxylation is 1. The molecular weight excluding hydrogens is 394 g/mol. The molecule has 0 saturated heterocycles. The van der Waals surface area contributed by atoms with E-state index in [2.05, 4.69) is 58.5 Å². The smallest absolute Gasteiger partial charge is 0.167 e. The van der Waals surface area contributed by atoms with E-state index in [4.69, 9.17) is 9.40 Å². The Balaban J connectivity index is 1.46. The summed E-state index contributed by atoms with van der Waals surface area (Å²) in [4.78, 5) is 14.0. The molecule has 6 aromatic rings. The highest BCUT2D eigenvalue weighted by atomic mass is 16.3. The Morgan fingerprint density at radius 2 is 1.19 bits per heavy atom. The summed E-state index contributed by atoms with van der Waals surface area (Å²) in [6, 6.07) is 32.8. The fourth-order valence-electron chi connectivity index (χ4n) is 4.10. The van der Waals surface area contributed by atoms with Crippen LogP contribution in [-0.2, 0) is 0 Å². The summed E-state index contributed by atoms with van der Waals surface area (Å²) in [6.45, 7) is 1.89. The fourth-order valence-corrected chi connectivity index (χ4v) is 4.10. The van der Waals surface area contributed by atoms with E-state index in [-0.39, 0.29) is 0 Å². The molecule has 0 bridgehead atoms. The van der Waals surface area contributed by atoms with Gasteiger partial charge in [0, 0.05) is 16.3 Å². The summed E-state index contributed by atoms with van der Waals surface area (Å²) < 4.78 is 6.19. The number of nitrogens with zero attached hydrogens (tertiary/aromatic N) is 3. The summed E-state index contributed by atoms with van der Waals surface area (Å²) in [5, 5.41) is 2.15. The van der Waals surface area contributed by atoms with Crippen molar-refractivity contribution >= 4 is 21.9 Å². The second kappa shape index (κ2) is 7.43. The van der Waals surface area contributed by atoms with Crippen LogP contribution in [0.2, 0.25) is 0 Å². The van der Waals surface area contributed by atoms with Crippen molar-refractivity contribution in [3.8, 4) is 33.9 Å². The van der Waals surface area contributed by atoms with Crippen molar-refractivity contribution in [3.63, 3.8) is 0 Å². The maximum Gasteiger partial charge on any atom is 0.167 e. The molecular formula is C28H19N3O. The number of fused-ring (bicyclic) bond motifs is 3. The Hall–Kier alpha value is -4.31. The quantitative estimate of drug-likeness (QED) is 0.311. The Labute approximate surface area is 185 Å². The molecule has 0 aliphatic rings. The first kappa shape index (κ1) is 18.5. The van der Waals surface area contributed by atoms with Gasteiger partial charge < -0.3 is 4.42 Å². The SMILES string of the molecule is Cc1nc(-c2ccc(-c3ccccc3)cc2)nc(-c2cccc3c2oc2ccccc23)n1. The molecule has 0 radical (unpaired) electrons. The molecule has 0 aliphatic heterocycles. The second-order valence-electron chi connectivity index (χ2n) is 7.75. The molecule has 152 valence electrons. The summed E-state index contributed by atoms with van der Waals surface area (Å²) in [6.07, 6.45) is 0. The molecule has 0 spiro atoms. The molecule has 32 heavy (non-hydrogen) atoms. The molecule has 6 rings (SSSR count). The zero-order valence-corrected chi connectivity index (χ0v) is 17.5. The normalized spacial score (nSPS) is 11.3. The standard InChI is InChI=1S/C28H19N3O/c1-18-29-27(21-16-14-20(15-17-21)19-8-3-2-4-9-19)31-28(30-18)24-12-7-11-23-22-10-5-6-13-25(22)32-26(23)24/h2-17H,1H3. The van der Waals surface area contributed by atoms with Crippen LogP contribution in [0.5, 0.6) is 0 Å². The molecule has 4 aromatic carbocycles. The minimum absolute atomic E-state index is 0.615. The van der Waals surface area contributed by atoms with Gasteiger partial charge in [-0.1, -0.05) is 84.9 Å². The van der Waals surface area contributed by atoms with E-state index < -0.39 is 0 Å². The predicted molar refractivity (Wildman–Crippen MR) is 128 cm³/mol. The van der Waals surface area contributed by atoms with Gasteiger partial charge in [0.05, 0.1) is 5.56 Å². The van der Waals surface area contributed by atoms with Crippen molar-refractivity contribution in [1.29, 1.82) is 0 Å². The van der Waals surface area contributed by atoms with Crippen LogP contribution in [0.15, 0.2) is 101 Å². The first-order chi connectivity index (χ1) is 15.8. The first-order valence-electron chi connectivity index (χ1n) is 10.6. The number of rotatable bonds is 3. The molecule has 4 nitrogen and oxygen atoms in total. The highest BCUT2D eigenvalue weighted by Gasteiger charge is 2.15. The number of furan rings is 1. The lowest BCUT2D eigenvalue weighted by molar-refractivity contribution is 0.669. The van der Waals surface area contributed by atoms with Crippen LogP contribution in [0, 0.1) is 6.92 Å². The third-order valence-corrected chi connectivity index (χ3v) is 5.64. The van der Waals surface area contributed by atoms with Gasteiger partial charge in [-0.3, -0.25) is 0 Å². The highest BCUT2D eigenvalue weighted by molar-refractivity contribution is 6.09. The summed E-state index contributed by atoms with van der Waals surface area (Å²) in [5.41, 5.74) is 5.82. The van der Waals surface area contributed by atoms with Gasteiger partial charge in [0.2, 0.25) is 0 Å². The monoisotopic (exact) mass is 413 g/mol. The lowest BCUT2D eigenvalue weighted by Gasteiger charge is -2.07. The van der Waals surface area contributed by atoms with Gasteiger partial charge >= 0.3 is 0 Å². The van der Waals surface area contributed by atoms with E-state index in [1.165, 1.54) is 5.56 Å². The third-order valence-electron chi connectivity index (χ3n) is 5.64. The Morgan fingerprint density at radius 3 is 2.03 bits per heavy atom. The maximum atomic E-state index is 6.19. The maximum absolute atomic E-state index is 6.19. The third kappa shape index (κ3) is 3.13. The van der Waals surface area contributed by atoms with Gasteiger partial charge in [0.25, 0.3) is 0 Å². The van der Waals surface area contributed by atoms with Crippen LogP contribution in [-0.4, -0.2) is 15.0 Å². The van der Waals surface area contributed by atoms with Crippen LogP contribution in [0.1, 0.15) is 5.82 Å². The zero-order valence-electron chi connectivity index (χ0n) is 17.5. The second-order valence-corrected chi connectivity index (χ2v) is 7.75. The van der Waals surface area contributed by atoms with E-state index in [9.17, 15) is 0 Å². The lowest BCUT2D eigenvalue weighted by atomic mass is 10.0. The highest BCUT2D eigenvalue weighted by Crippen LogP contribution is 2.35. The number of para-hydroxylation sites is 2. The zero-order chi connectivity index (χ0) is 21.5.